The summed E-state index contributed by atoms with van der Waals surface area (Å²) in [6.45, 7) is 8.49. The van der Waals surface area contributed by atoms with Crippen LogP contribution < -0.4 is 0 Å². The highest BCUT2D eigenvalue weighted by Gasteiger charge is 2.46. The summed E-state index contributed by atoms with van der Waals surface area (Å²) in [5.74, 6) is 1.37. The molecule has 49 heavy (non-hydrogen) atoms. The van der Waals surface area contributed by atoms with E-state index in [2.05, 4.69) is 69.3 Å². The van der Waals surface area contributed by atoms with Gasteiger partial charge in [-0.15, -0.1) is 0 Å². The van der Waals surface area contributed by atoms with Crippen molar-refractivity contribution in [3.05, 3.63) is 59.7 Å². The molecule has 2 saturated heterocycles. The first-order valence-corrected chi connectivity index (χ1v) is 20.1. The summed E-state index contributed by atoms with van der Waals surface area (Å²) in [6, 6.07) is 10.8. The predicted octanol–water partition coefficient (Wildman–Crippen LogP) is 10.00. The summed E-state index contributed by atoms with van der Waals surface area (Å²) in [5, 5.41) is 0. The third kappa shape index (κ3) is 9.87. The van der Waals surface area contributed by atoms with Crippen LogP contribution in [0.4, 0.5) is 0 Å². The number of unbranched alkanes of at least 4 members (excludes halogenated alkanes) is 2. The van der Waals surface area contributed by atoms with Gasteiger partial charge in [-0.25, -0.2) is 0 Å². The van der Waals surface area contributed by atoms with Gasteiger partial charge in [0.15, 0.2) is 12.6 Å². The Hall–Kier alpha value is -1.99. The molecule has 6 heteroatoms. The molecular weight excluding hydrogens is 612 g/mol. The molecule has 0 radical (unpaired) electrons. The average Bonchev–Trinajstić information content (AvgIpc) is 3.65. The van der Waals surface area contributed by atoms with Crippen molar-refractivity contribution in [1.82, 2.24) is 0 Å². The number of hydrogen-bond acceptors (Lipinski definition) is 6. The van der Waals surface area contributed by atoms with Crippen molar-refractivity contribution >= 4 is 5.97 Å². The van der Waals surface area contributed by atoms with E-state index < -0.39 is 0 Å². The zero-order valence-electron chi connectivity index (χ0n) is 30.7. The molecule has 6 nitrogen and oxygen atoms in total. The van der Waals surface area contributed by atoms with Gasteiger partial charge in [-0.1, -0.05) is 101 Å². The Morgan fingerprint density at radius 2 is 1.65 bits per heavy atom. The Labute approximate surface area is 296 Å². The van der Waals surface area contributed by atoms with Gasteiger partial charge in [-0.2, -0.15) is 0 Å². The van der Waals surface area contributed by atoms with E-state index in [1.54, 1.807) is 0 Å². The SMILES string of the molecule is CCCCC[C@@H](/C=C/[C@@H]1[C@H]2CC(CC(=O)O[C@H]3CCCC[C@@H]3C(C)(C)c3ccccc3)=C[C@H]2C[C@H]1OC1CCCCO1)OC1CCCCO1. The lowest BCUT2D eigenvalue weighted by Gasteiger charge is -2.42. The summed E-state index contributed by atoms with van der Waals surface area (Å²) >= 11 is 0. The molecule has 0 aromatic heterocycles. The lowest BCUT2D eigenvalue weighted by atomic mass is 9.66. The molecule has 2 saturated carbocycles. The molecule has 1 aromatic carbocycles. The fraction of sp³-hybridized carbons (Fsp3) is 0.744. The summed E-state index contributed by atoms with van der Waals surface area (Å²) in [4.78, 5) is 13.6. The van der Waals surface area contributed by atoms with E-state index in [0.717, 1.165) is 90.3 Å². The molecule has 5 aliphatic rings. The molecule has 6 rings (SSSR count). The van der Waals surface area contributed by atoms with Crippen LogP contribution in [0.5, 0.6) is 0 Å². The Balaban J connectivity index is 1.11. The van der Waals surface area contributed by atoms with Gasteiger partial charge in [0.05, 0.1) is 18.6 Å². The summed E-state index contributed by atoms with van der Waals surface area (Å²) in [7, 11) is 0. The second-order valence-electron chi connectivity index (χ2n) is 16.2. The average molecular weight is 677 g/mol. The predicted molar refractivity (Wildman–Crippen MR) is 194 cm³/mol. The fourth-order valence-electron chi connectivity index (χ4n) is 9.48. The first kappa shape index (κ1) is 36.8. The maximum atomic E-state index is 13.6. The first-order chi connectivity index (χ1) is 23.9. The molecule has 272 valence electrons. The summed E-state index contributed by atoms with van der Waals surface area (Å²) < 4.78 is 31.7. The Morgan fingerprint density at radius 1 is 0.918 bits per heavy atom. The zero-order valence-corrected chi connectivity index (χ0v) is 30.7. The van der Waals surface area contributed by atoms with Crippen LogP contribution in [0.1, 0.15) is 135 Å². The van der Waals surface area contributed by atoms with Crippen molar-refractivity contribution in [2.75, 3.05) is 13.2 Å². The molecule has 4 fully saturated rings. The van der Waals surface area contributed by atoms with Crippen molar-refractivity contribution in [2.45, 2.75) is 166 Å². The van der Waals surface area contributed by atoms with E-state index in [4.69, 9.17) is 23.7 Å². The molecule has 2 aliphatic heterocycles. The van der Waals surface area contributed by atoms with Gasteiger partial charge >= 0.3 is 5.97 Å². The van der Waals surface area contributed by atoms with E-state index in [9.17, 15) is 4.79 Å². The molecule has 0 N–H and O–H groups in total. The van der Waals surface area contributed by atoms with Crippen LogP contribution in [0.25, 0.3) is 0 Å². The number of ether oxygens (including phenoxy) is 5. The lowest BCUT2D eigenvalue weighted by Crippen LogP contribution is -2.42. The van der Waals surface area contributed by atoms with Crippen molar-refractivity contribution in [3.63, 3.8) is 0 Å². The molecule has 0 bridgehead atoms. The van der Waals surface area contributed by atoms with Gasteiger partial charge in [0.25, 0.3) is 0 Å². The third-order valence-electron chi connectivity index (χ3n) is 12.3. The molecule has 2 heterocycles. The standard InChI is InChI=1S/C43H64O6/c1-4-5-7-18-34(47-41-21-12-14-25-45-41)23-24-35-36-28-31(27-32(36)30-39(35)49-42-22-13-15-26-46-42)29-40(44)48-38-20-11-10-19-37(38)43(2,3)33-16-8-6-9-17-33/h6,8-9,16-17,23-24,27,32,34-39,41-42H,4-5,7,10-15,18-22,25-26,28-30H2,1-3H3/b24-23+/t32-,34-,35+,36-,37-,38-,39+,41?,42?/m0/s1. The second kappa shape index (κ2) is 18.0. The third-order valence-corrected chi connectivity index (χ3v) is 12.3. The second-order valence-corrected chi connectivity index (χ2v) is 16.2. The van der Waals surface area contributed by atoms with Crippen LogP contribution in [0, 0.1) is 23.7 Å². The van der Waals surface area contributed by atoms with Gasteiger partial charge in [0, 0.05) is 25.0 Å². The van der Waals surface area contributed by atoms with E-state index in [1.807, 2.05) is 0 Å². The number of carbonyl (C=O) groups is 1. The van der Waals surface area contributed by atoms with Gasteiger partial charge in [0.2, 0.25) is 0 Å². The van der Waals surface area contributed by atoms with Gasteiger partial charge in [-0.05, 0) is 99.9 Å². The van der Waals surface area contributed by atoms with Crippen molar-refractivity contribution < 1.29 is 28.5 Å². The number of rotatable bonds is 15. The molecule has 9 atom stereocenters. The monoisotopic (exact) mass is 676 g/mol. The molecular formula is C43H64O6. The van der Waals surface area contributed by atoms with Crippen LogP contribution in [0.15, 0.2) is 54.1 Å². The fourth-order valence-corrected chi connectivity index (χ4v) is 9.48. The number of esters is 1. The molecule has 3 aliphatic carbocycles. The molecule has 0 amide bonds. The normalized spacial score (nSPS) is 32.9. The topological polar surface area (TPSA) is 63.2 Å². The van der Waals surface area contributed by atoms with E-state index in [-0.39, 0.29) is 48.2 Å². The first-order valence-electron chi connectivity index (χ1n) is 20.1. The number of allylic oxidation sites excluding steroid dienone is 1. The number of fused-ring (bicyclic) bond motifs is 1. The summed E-state index contributed by atoms with van der Waals surface area (Å²) in [6.07, 6.45) is 24.8. The minimum absolute atomic E-state index is 0.0281. The number of benzene rings is 1. The molecule has 1 aromatic rings. The highest BCUT2D eigenvalue weighted by atomic mass is 16.7. The van der Waals surface area contributed by atoms with E-state index in [0.29, 0.717) is 24.2 Å². The van der Waals surface area contributed by atoms with Gasteiger partial charge in [-0.3, -0.25) is 4.79 Å². The maximum Gasteiger partial charge on any atom is 0.310 e. The van der Waals surface area contributed by atoms with E-state index >= 15 is 0 Å². The quantitative estimate of drug-likeness (QED) is 0.105. The van der Waals surface area contributed by atoms with Crippen LogP contribution >= 0.6 is 0 Å². The van der Waals surface area contributed by atoms with Gasteiger partial charge < -0.3 is 23.7 Å². The molecule has 0 spiro atoms. The smallest absolute Gasteiger partial charge is 0.310 e. The zero-order chi connectivity index (χ0) is 34.1. The van der Waals surface area contributed by atoms with Crippen molar-refractivity contribution in [2.24, 2.45) is 23.7 Å². The minimum atomic E-state index is -0.109. The minimum Gasteiger partial charge on any atom is -0.462 e. The number of hydrogen-bond donors (Lipinski definition) is 0. The number of carbonyl (C=O) groups excluding carboxylic acids is 1. The molecule has 2 unspecified atom stereocenters. The van der Waals surface area contributed by atoms with Crippen LogP contribution in [0.2, 0.25) is 0 Å². The highest BCUT2D eigenvalue weighted by Crippen LogP contribution is 2.50. The Bertz CT molecular complexity index is 1210. The van der Waals surface area contributed by atoms with Crippen molar-refractivity contribution in [1.29, 1.82) is 0 Å². The van der Waals surface area contributed by atoms with Gasteiger partial charge in [0.1, 0.15) is 6.10 Å². The largest absolute Gasteiger partial charge is 0.462 e. The van der Waals surface area contributed by atoms with E-state index in [1.165, 1.54) is 36.8 Å². The van der Waals surface area contributed by atoms with Crippen molar-refractivity contribution in [3.8, 4) is 0 Å². The van der Waals surface area contributed by atoms with Crippen LogP contribution in [0.3, 0.4) is 0 Å². The highest BCUT2D eigenvalue weighted by molar-refractivity contribution is 5.73. The summed E-state index contributed by atoms with van der Waals surface area (Å²) in [5.41, 5.74) is 2.52. The van der Waals surface area contributed by atoms with Crippen LogP contribution in [-0.2, 0) is 33.9 Å². The maximum absolute atomic E-state index is 13.6. The lowest BCUT2D eigenvalue weighted by molar-refractivity contribution is -0.193. The Kier molecular flexibility index (Phi) is 13.5. The Morgan fingerprint density at radius 3 is 2.39 bits per heavy atom. The van der Waals surface area contributed by atoms with Crippen LogP contribution in [-0.4, -0.2) is 50.1 Å².